The fraction of sp³-hybridized carbons (Fsp3) is 0.368. The Balaban J connectivity index is 1.65. The molecule has 126 valence electrons. The number of rotatable bonds is 6. The largest absolute Gasteiger partial charge is 0.497 e. The van der Waals surface area contributed by atoms with E-state index >= 15 is 0 Å². The first-order chi connectivity index (χ1) is 11.6. The standard InChI is InChI=1S/C19H24N4O/c1-12-11-14(3)21-19-17(12)18(22-23-19)20-13(2)5-6-15-7-9-16(24-4)10-8-15/h7-11,13H,5-6H2,1-4H3,(H2,20,21,22,23)/t13-/m1/s1. The molecule has 5 nitrogen and oxygen atoms in total. The number of hydrogen-bond acceptors (Lipinski definition) is 4. The van der Waals surface area contributed by atoms with E-state index in [1.54, 1.807) is 7.11 Å². The number of anilines is 1. The summed E-state index contributed by atoms with van der Waals surface area (Å²) in [5, 5.41) is 12.0. The van der Waals surface area contributed by atoms with Crippen molar-refractivity contribution in [1.82, 2.24) is 15.2 Å². The lowest BCUT2D eigenvalue weighted by Gasteiger charge is -2.14. The number of aromatic nitrogens is 3. The number of methoxy groups -OCH3 is 1. The second kappa shape index (κ2) is 6.91. The summed E-state index contributed by atoms with van der Waals surface area (Å²) in [5.74, 6) is 1.78. The molecule has 0 fully saturated rings. The molecule has 0 spiro atoms. The zero-order chi connectivity index (χ0) is 17.1. The van der Waals surface area contributed by atoms with E-state index in [1.807, 2.05) is 19.1 Å². The van der Waals surface area contributed by atoms with Gasteiger partial charge in [0.1, 0.15) is 5.75 Å². The minimum Gasteiger partial charge on any atom is -0.497 e. The van der Waals surface area contributed by atoms with E-state index in [2.05, 4.69) is 52.5 Å². The minimum atomic E-state index is 0.319. The summed E-state index contributed by atoms with van der Waals surface area (Å²) in [4.78, 5) is 4.50. The molecule has 0 aliphatic rings. The molecule has 24 heavy (non-hydrogen) atoms. The monoisotopic (exact) mass is 324 g/mol. The van der Waals surface area contributed by atoms with E-state index in [-0.39, 0.29) is 0 Å². The number of aryl methyl sites for hydroxylation is 3. The number of ether oxygens (including phenoxy) is 1. The number of nitrogens with zero attached hydrogens (tertiary/aromatic N) is 2. The van der Waals surface area contributed by atoms with Gasteiger partial charge < -0.3 is 10.1 Å². The zero-order valence-electron chi connectivity index (χ0n) is 14.7. The van der Waals surface area contributed by atoms with E-state index < -0.39 is 0 Å². The lowest BCUT2D eigenvalue weighted by Crippen LogP contribution is -2.16. The third-order valence-electron chi connectivity index (χ3n) is 4.26. The van der Waals surface area contributed by atoms with Crippen molar-refractivity contribution in [2.24, 2.45) is 0 Å². The van der Waals surface area contributed by atoms with Gasteiger partial charge in [-0.25, -0.2) is 4.98 Å². The number of benzene rings is 1. The number of H-pyrrole nitrogens is 1. The SMILES string of the molecule is COc1ccc(CC[C@@H](C)Nc2n[nH]c3nc(C)cc(C)c23)cc1. The molecule has 1 atom stereocenters. The highest BCUT2D eigenvalue weighted by atomic mass is 16.5. The Hall–Kier alpha value is -2.56. The number of aromatic amines is 1. The summed E-state index contributed by atoms with van der Waals surface area (Å²) in [6.45, 7) is 6.28. The fourth-order valence-corrected chi connectivity index (χ4v) is 2.97. The van der Waals surface area contributed by atoms with E-state index in [0.717, 1.165) is 41.1 Å². The van der Waals surface area contributed by atoms with Crippen molar-refractivity contribution < 1.29 is 4.74 Å². The molecular formula is C19H24N4O. The number of pyridine rings is 1. The van der Waals surface area contributed by atoms with Gasteiger partial charge in [-0.2, -0.15) is 5.10 Å². The highest BCUT2D eigenvalue weighted by molar-refractivity contribution is 5.90. The van der Waals surface area contributed by atoms with Gasteiger partial charge in [-0.1, -0.05) is 12.1 Å². The van der Waals surface area contributed by atoms with Gasteiger partial charge in [-0.05, 0) is 62.9 Å². The van der Waals surface area contributed by atoms with Gasteiger partial charge in [0.25, 0.3) is 0 Å². The zero-order valence-corrected chi connectivity index (χ0v) is 14.7. The molecule has 5 heteroatoms. The van der Waals surface area contributed by atoms with Crippen LogP contribution in [0.4, 0.5) is 5.82 Å². The first-order valence-corrected chi connectivity index (χ1v) is 8.28. The van der Waals surface area contributed by atoms with Crippen LogP contribution in [0, 0.1) is 13.8 Å². The van der Waals surface area contributed by atoms with Crippen LogP contribution in [0.25, 0.3) is 11.0 Å². The highest BCUT2D eigenvalue weighted by Crippen LogP contribution is 2.24. The van der Waals surface area contributed by atoms with Crippen LogP contribution in [0.15, 0.2) is 30.3 Å². The fourth-order valence-electron chi connectivity index (χ4n) is 2.97. The van der Waals surface area contributed by atoms with Crippen molar-refractivity contribution in [1.29, 1.82) is 0 Å². The third-order valence-corrected chi connectivity index (χ3v) is 4.26. The Kier molecular flexibility index (Phi) is 4.69. The minimum absolute atomic E-state index is 0.319. The molecule has 0 radical (unpaired) electrons. The lowest BCUT2D eigenvalue weighted by atomic mass is 10.1. The number of fused-ring (bicyclic) bond motifs is 1. The van der Waals surface area contributed by atoms with Crippen molar-refractivity contribution in [3.05, 3.63) is 47.2 Å². The van der Waals surface area contributed by atoms with Crippen molar-refractivity contribution >= 4 is 16.9 Å². The van der Waals surface area contributed by atoms with Gasteiger partial charge in [0.15, 0.2) is 11.5 Å². The molecule has 0 saturated carbocycles. The molecule has 0 aliphatic carbocycles. The van der Waals surface area contributed by atoms with Crippen LogP contribution in [0.2, 0.25) is 0 Å². The summed E-state index contributed by atoms with van der Waals surface area (Å²) in [6, 6.07) is 10.7. The van der Waals surface area contributed by atoms with Gasteiger partial charge in [0.2, 0.25) is 0 Å². The third kappa shape index (κ3) is 3.50. The second-order valence-electron chi connectivity index (χ2n) is 6.31. The Morgan fingerprint density at radius 2 is 1.96 bits per heavy atom. The molecular weight excluding hydrogens is 300 g/mol. The Morgan fingerprint density at radius 1 is 1.21 bits per heavy atom. The van der Waals surface area contributed by atoms with Crippen LogP contribution in [0.5, 0.6) is 5.75 Å². The van der Waals surface area contributed by atoms with Gasteiger partial charge in [0, 0.05) is 11.7 Å². The average Bonchev–Trinajstić information content (AvgIpc) is 2.96. The predicted octanol–water partition coefficient (Wildman–Crippen LogP) is 4.02. The first kappa shape index (κ1) is 16.3. The van der Waals surface area contributed by atoms with Crippen molar-refractivity contribution in [2.75, 3.05) is 12.4 Å². The molecule has 0 aliphatic heterocycles. The van der Waals surface area contributed by atoms with E-state index in [1.165, 1.54) is 11.1 Å². The van der Waals surface area contributed by atoms with Gasteiger partial charge in [0.05, 0.1) is 12.5 Å². The van der Waals surface area contributed by atoms with E-state index in [4.69, 9.17) is 4.74 Å². The Labute approximate surface area is 142 Å². The van der Waals surface area contributed by atoms with Gasteiger partial charge in [-0.3, -0.25) is 5.10 Å². The molecule has 0 amide bonds. The molecule has 3 aromatic rings. The number of hydrogen-bond donors (Lipinski definition) is 2. The summed E-state index contributed by atoms with van der Waals surface area (Å²) < 4.78 is 5.20. The van der Waals surface area contributed by atoms with Crippen LogP contribution in [0.1, 0.15) is 30.2 Å². The van der Waals surface area contributed by atoms with Crippen molar-refractivity contribution in [3.63, 3.8) is 0 Å². The average molecular weight is 324 g/mol. The Morgan fingerprint density at radius 3 is 2.67 bits per heavy atom. The van der Waals surface area contributed by atoms with Crippen LogP contribution < -0.4 is 10.1 Å². The van der Waals surface area contributed by atoms with Crippen LogP contribution in [0.3, 0.4) is 0 Å². The summed E-state index contributed by atoms with van der Waals surface area (Å²) in [7, 11) is 1.69. The van der Waals surface area contributed by atoms with Gasteiger partial charge in [-0.15, -0.1) is 0 Å². The maximum absolute atomic E-state index is 5.20. The smallest absolute Gasteiger partial charge is 0.157 e. The molecule has 3 rings (SSSR count). The topological polar surface area (TPSA) is 62.8 Å². The van der Waals surface area contributed by atoms with Crippen LogP contribution in [-0.4, -0.2) is 28.3 Å². The quantitative estimate of drug-likeness (QED) is 0.719. The lowest BCUT2D eigenvalue weighted by molar-refractivity contribution is 0.414. The van der Waals surface area contributed by atoms with Gasteiger partial charge >= 0.3 is 0 Å². The van der Waals surface area contributed by atoms with Crippen molar-refractivity contribution in [3.8, 4) is 5.75 Å². The molecule has 0 unspecified atom stereocenters. The van der Waals surface area contributed by atoms with Crippen molar-refractivity contribution in [2.45, 2.75) is 39.7 Å². The highest BCUT2D eigenvalue weighted by Gasteiger charge is 2.12. The molecule has 2 heterocycles. The van der Waals surface area contributed by atoms with E-state index in [0.29, 0.717) is 6.04 Å². The van der Waals surface area contributed by atoms with Crippen LogP contribution >= 0.6 is 0 Å². The Bertz CT molecular complexity index is 823. The maximum atomic E-state index is 5.20. The number of nitrogens with one attached hydrogen (secondary N) is 2. The summed E-state index contributed by atoms with van der Waals surface area (Å²) >= 11 is 0. The normalized spacial score (nSPS) is 12.3. The molecule has 0 saturated heterocycles. The molecule has 1 aromatic carbocycles. The molecule has 0 bridgehead atoms. The second-order valence-corrected chi connectivity index (χ2v) is 6.31. The van der Waals surface area contributed by atoms with Crippen LogP contribution in [-0.2, 0) is 6.42 Å². The van der Waals surface area contributed by atoms with E-state index in [9.17, 15) is 0 Å². The first-order valence-electron chi connectivity index (χ1n) is 8.28. The summed E-state index contributed by atoms with van der Waals surface area (Å²) in [6.07, 6.45) is 2.04. The molecule has 2 N–H and O–H groups in total. The molecule has 2 aromatic heterocycles. The maximum Gasteiger partial charge on any atom is 0.157 e. The predicted molar refractivity (Wildman–Crippen MR) is 97.8 cm³/mol. The summed E-state index contributed by atoms with van der Waals surface area (Å²) in [5.41, 5.74) is 4.35.